The van der Waals surface area contributed by atoms with Gasteiger partial charge in [0.2, 0.25) is 0 Å². The van der Waals surface area contributed by atoms with Crippen LogP contribution in [0.2, 0.25) is 0 Å². The van der Waals surface area contributed by atoms with Crippen molar-refractivity contribution in [3.8, 4) is 12.1 Å². The van der Waals surface area contributed by atoms with Crippen molar-refractivity contribution < 1.29 is 4.79 Å². The van der Waals surface area contributed by atoms with E-state index in [0.29, 0.717) is 5.69 Å². The second-order valence-electron chi connectivity index (χ2n) is 3.64. The largest absolute Gasteiger partial charge is 0.396 e. The maximum absolute atomic E-state index is 11.8. The number of nitrogens with zero attached hydrogens (tertiary/aromatic N) is 3. The van der Waals surface area contributed by atoms with Gasteiger partial charge in [0, 0.05) is 5.69 Å². The van der Waals surface area contributed by atoms with Crippen LogP contribution in [0.25, 0.3) is 0 Å². The molecular formula is C12H8N6O. The SMILES string of the molecule is N#Cc1ccc(NC(=O)c2[nH]ncc2N)cc1C#N. The molecule has 0 aliphatic carbocycles. The number of aromatic nitrogens is 2. The van der Waals surface area contributed by atoms with Crippen molar-refractivity contribution in [1.29, 1.82) is 10.5 Å². The molecule has 7 heteroatoms. The zero-order valence-electron chi connectivity index (χ0n) is 9.64. The van der Waals surface area contributed by atoms with E-state index in [2.05, 4.69) is 15.5 Å². The molecule has 1 aromatic carbocycles. The molecule has 0 spiro atoms. The quantitative estimate of drug-likeness (QED) is 0.733. The van der Waals surface area contributed by atoms with Crippen molar-refractivity contribution in [2.45, 2.75) is 0 Å². The highest BCUT2D eigenvalue weighted by Crippen LogP contribution is 2.16. The van der Waals surface area contributed by atoms with Crippen LogP contribution in [-0.2, 0) is 0 Å². The van der Waals surface area contributed by atoms with Crippen LogP contribution in [0.15, 0.2) is 24.4 Å². The molecule has 1 amide bonds. The van der Waals surface area contributed by atoms with Crippen LogP contribution in [-0.4, -0.2) is 16.1 Å². The van der Waals surface area contributed by atoms with Crippen LogP contribution in [0.4, 0.5) is 11.4 Å². The molecule has 0 unspecified atom stereocenters. The van der Waals surface area contributed by atoms with Crippen LogP contribution in [0, 0.1) is 22.7 Å². The molecule has 2 aromatic rings. The molecule has 19 heavy (non-hydrogen) atoms. The first-order chi connectivity index (χ1) is 9.15. The van der Waals surface area contributed by atoms with Gasteiger partial charge >= 0.3 is 0 Å². The number of nitrogens with two attached hydrogens (primary N) is 1. The third-order valence-corrected chi connectivity index (χ3v) is 2.41. The lowest BCUT2D eigenvalue weighted by atomic mass is 10.1. The number of amides is 1. The fourth-order valence-corrected chi connectivity index (χ4v) is 1.48. The van der Waals surface area contributed by atoms with E-state index in [1.165, 1.54) is 24.4 Å². The average molecular weight is 252 g/mol. The van der Waals surface area contributed by atoms with Crippen LogP contribution in [0.3, 0.4) is 0 Å². The Morgan fingerprint density at radius 1 is 1.32 bits per heavy atom. The van der Waals surface area contributed by atoms with Gasteiger partial charge in [0.15, 0.2) is 0 Å². The molecule has 2 rings (SSSR count). The smallest absolute Gasteiger partial charge is 0.275 e. The fourth-order valence-electron chi connectivity index (χ4n) is 1.48. The van der Waals surface area contributed by atoms with Crippen molar-refractivity contribution in [2.75, 3.05) is 11.1 Å². The predicted octanol–water partition coefficient (Wildman–Crippen LogP) is 0.988. The number of anilines is 2. The highest BCUT2D eigenvalue weighted by molar-refractivity contribution is 6.06. The number of benzene rings is 1. The first kappa shape index (κ1) is 12.1. The molecule has 7 nitrogen and oxygen atoms in total. The summed E-state index contributed by atoms with van der Waals surface area (Å²) in [7, 11) is 0. The second-order valence-corrected chi connectivity index (χ2v) is 3.64. The summed E-state index contributed by atoms with van der Waals surface area (Å²) >= 11 is 0. The summed E-state index contributed by atoms with van der Waals surface area (Å²) in [5.74, 6) is -0.469. The van der Waals surface area contributed by atoms with Crippen molar-refractivity contribution in [3.63, 3.8) is 0 Å². The average Bonchev–Trinajstić information content (AvgIpc) is 2.85. The van der Waals surface area contributed by atoms with E-state index >= 15 is 0 Å². The Balaban J connectivity index is 2.26. The number of H-pyrrole nitrogens is 1. The first-order valence-corrected chi connectivity index (χ1v) is 5.20. The van der Waals surface area contributed by atoms with Crippen LogP contribution >= 0.6 is 0 Å². The summed E-state index contributed by atoms with van der Waals surface area (Å²) in [6.45, 7) is 0. The molecule has 0 aliphatic heterocycles. The van der Waals surface area contributed by atoms with E-state index in [1.54, 1.807) is 0 Å². The number of carbonyl (C=O) groups is 1. The standard InChI is InChI=1S/C12H8N6O/c13-4-7-1-2-9(3-8(7)5-14)17-12(19)11-10(15)6-16-18-11/h1-3,6H,15H2,(H,16,18)(H,17,19). The van der Waals surface area contributed by atoms with E-state index in [9.17, 15) is 4.79 Å². The van der Waals surface area contributed by atoms with E-state index in [0.717, 1.165) is 0 Å². The lowest BCUT2D eigenvalue weighted by molar-refractivity contribution is 0.102. The minimum Gasteiger partial charge on any atom is -0.396 e. The summed E-state index contributed by atoms with van der Waals surface area (Å²) < 4.78 is 0. The van der Waals surface area contributed by atoms with Gasteiger partial charge in [0.05, 0.1) is 23.0 Å². The number of nitrogens with one attached hydrogen (secondary N) is 2. The van der Waals surface area contributed by atoms with E-state index < -0.39 is 5.91 Å². The van der Waals surface area contributed by atoms with Gasteiger partial charge in [-0.3, -0.25) is 9.89 Å². The molecule has 0 radical (unpaired) electrons. The van der Waals surface area contributed by atoms with Crippen molar-refractivity contribution in [3.05, 3.63) is 41.2 Å². The molecule has 0 atom stereocenters. The monoisotopic (exact) mass is 252 g/mol. The number of hydrogen-bond acceptors (Lipinski definition) is 5. The Labute approximate surface area is 108 Å². The zero-order chi connectivity index (χ0) is 13.8. The lowest BCUT2D eigenvalue weighted by Crippen LogP contribution is -2.14. The Kier molecular flexibility index (Phi) is 3.13. The molecule has 0 bridgehead atoms. The normalized spacial score (nSPS) is 9.37. The van der Waals surface area contributed by atoms with Crippen molar-refractivity contribution >= 4 is 17.3 Å². The van der Waals surface area contributed by atoms with Gasteiger partial charge in [-0.25, -0.2) is 0 Å². The molecule has 0 saturated carbocycles. The van der Waals surface area contributed by atoms with Crippen LogP contribution in [0.1, 0.15) is 21.6 Å². The van der Waals surface area contributed by atoms with E-state index in [1.807, 2.05) is 12.1 Å². The maximum atomic E-state index is 11.8. The van der Waals surface area contributed by atoms with Gasteiger partial charge in [-0.2, -0.15) is 15.6 Å². The predicted molar refractivity (Wildman–Crippen MR) is 66.8 cm³/mol. The van der Waals surface area contributed by atoms with Gasteiger partial charge in [-0.05, 0) is 18.2 Å². The highest BCUT2D eigenvalue weighted by Gasteiger charge is 2.12. The summed E-state index contributed by atoms with van der Waals surface area (Å²) in [5.41, 5.74) is 6.76. The van der Waals surface area contributed by atoms with Crippen molar-refractivity contribution in [1.82, 2.24) is 10.2 Å². The Hall–Kier alpha value is -3.32. The Morgan fingerprint density at radius 3 is 2.63 bits per heavy atom. The summed E-state index contributed by atoms with van der Waals surface area (Å²) in [6.07, 6.45) is 1.33. The summed E-state index contributed by atoms with van der Waals surface area (Å²) in [6, 6.07) is 8.19. The number of hydrogen-bond donors (Lipinski definition) is 3. The van der Waals surface area contributed by atoms with Gasteiger partial charge in [-0.1, -0.05) is 0 Å². The number of carbonyl (C=O) groups excluding carboxylic acids is 1. The second kappa shape index (κ2) is 4.90. The molecule has 1 aromatic heterocycles. The number of nitriles is 2. The number of rotatable bonds is 2. The molecule has 92 valence electrons. The molecule has 1 heterocycles. The topological polar surface area (TPSA) is 131 Å². The van der Waals surface area contributed by atoms with E-state index in [-0.39, 0.29) is 22.5 Å². The van der Waals surface area contributed by atoms with Gasteiger partial charge in [0.25, 0.3) is 5.91 Å². The third kappa shape index (κ3) is 2.35. The van der Waals surface area contributed by atoms with Gasteiger partial charge in [0.1, 0.15) is 17.8 Å². The van der Waals surface area contributed by atoms with E-state index in [4.69, 9.17) is 16.3 Å². The summed E-state index contributed by atoms with van der Waals surface area (Å²) in [5, 5.41) is 26.3. The molecular weight excluding hydrogens is 244 g/mol. The van der Waals surface area contributed by atoms with Gasteiger partial charge < -0.3 is 11.1 Å². The number of nitrogen functional groups attached to an aromatic ring is 1. The highest BCUT2D eigenvalue weighted by atomic mass is 16.1. The number of aromatic amines is 1. The fraction of sp³-hybridized carbons (Fsp3) is 0. The first-order valence-electron chi connectivity index (χ1n) is 5.20. The van der Waals surface area contributed by atoms with Crippen LogP contribution < -0.4 is 11.1 Å². The zero-order valence-corrected chi connectivity index (χ0v) is 9.64. The Bertz CT molecular complexity index is 719. The summed E-state index contributed by atoms with van der Waals surface area (Å²) in [4.78, 5) is 11.8. The maximum Gasteiger partial charge on any atom is 0.275 e. The molecule has 0 saturated heterocycles. The Morgan fingerprint density at radius 2 is 2.05 bits per heavy atom. The van der Waals surface area contributed by atoms with Crippen LogP contribution in [0.5, 0.6) is 0 Å². The lowest BCUT2D eigenvalue weighted by Gasteiger charge is -2.05. The van der Waals surface area contributed by atoms with Crippen molar-refractivity contribution in [2.24, 2.45) is 0 Å². The minimum atomic E-state index is -0.469. The molecule has 0 fully saturated rings. The molecule has 0 aliphatic rings. The third-order valence-electron chi connectivity index (χ3n) is 2.41. The van der Waals surface area contributed by atoms with Gasteiger partial charge in [-0.15, -0.1) is 0 Å². The minimum absolute atomic E-state index is 0.142. The molecule has 4 N–H and O–H groups in total.